The molecule has 0 radical (unpaired) electrons. The molecule has 12 heavy (non-hydrogen) atoms. The zero-order valence-corrected chi connectivity index (χ0v) is 6.66. The minimum Gasteiger partial charge on any atom is -0.378 e. The third-order valence-corrected chi connectivity index (χ3v) is 1.53. The molecule has 0 aliphatic heterocycles. The Hall–Kier alpha value is -1.31. The van der Waals surface area contributed by atoms with E-state index in [9.17, 15) is 4.79 Å². The van der Waals surface area contributed by atoms with Gasteiger partial charge < -0.3 is 4.90 Å². The van der Waals surface area contributed by atoms with Crippen LogP contribution in [0.4, 0.5) is 5.69 Å². The summed E-state index contributed by atoms with van der Waals surface area (Å²) in [7, 11) is 0. The van der Waals surface area contributed by atoms with E-state index in [1.54, 1.807) is 0 Å². The molecule has 0 fully saturated rings. The van der Waals surface area contributed by atoms with Crippen molar-refractivity contribution < 1.29 is 13.0 Å². The average Bonchev–Trinajstić information content (AvgIpc) is 2.13. The normalized spacial score (nSPS) is 19.1. The summed E-state index contributed by atoms with van der Waals surface area (Å²) in [5.74, 6) is -0.170. The number of Topliss-reactive ketones (excluding diaryl/α,β-unsaturated/α-hetero) is 1. The van der Waals surface area contributed by atoms with Gasteiger partial charge in [-0.15, -0.1) is 0 Å². The quantitative estimate of drug-likeness (QED) is 0.631. The highest BCUT2D eigenvalue weighted by Crippen LogP contribution is 2.12. The second kappa shape index (κ2) is 3.39. The fourth-order valence-electron chi connectivity index (χ4n) is 0.845. The summed E-state index contributed by atoms with van der Waals surface area (Å²) in [6.07, 6.45) is 0. The van der Waals surface area contributed by atoms with Gasteiger partial charge in [-0.05, 0) is 31.2 Å². The van der Waals surface area contributed by atoms with Crippen LogP contribution in [0.25, 0.3) is 0 Å². The van der Waals surface area contributed by atoms with Crippen molar-refractivity contribution >= 4 is 11.5 Å². The zero-order valence-electron chi connectivity index (χ0n) is 12.7. The molecule has 0 spiro atoms. The van der Waals surface area contributed by atoms with E-state index in [1.165, 1.54) is 31.2 Å². The predicted molar refractivity (Wildman–Crippen MR) is 50.8 cm³/mol. The highest BCUT2D eigenvalue weighted by atomic mass is 16.1. The maximum absolute atomic E-state index is 11.1. The Morgan fingerprint density at radius 2 is 1.92 bits per heavy atom. The molecule has 0 N–H and O–H groups in total. The fourth-order valence-corrected chi connectivity index (χ4v) is 0.845. The molecule has 0 aliphatic carbocycles. The first-order valence-corrected chi connectivity index (χ1v) is 3.45. The van der Waals surface area contributed by atoms with Crippen LogP contribution in [-0.2, 0) is 0 Å². The van der Waals surface area contributed by atoms with E-state index in [0.29, 0.717) is 10.5 Å². The first-order chi connectivity index (χ1) is 8.03. The number of hydrogen-bond acceptors (Lipinski definition) is 2. The van der Waals surface area contributed by atoms with Crippen LogP contribution in [0.2, 0.25) is 0 Å². The maximum atomic E-state index is 11.1. The standard InChI is InChI=1S/C10H13NO/c1-8(12)9-4-6-10(7-5-9)11(2)3/h4-7H,1-3H3/i2D3,3D3. The average molecular weight is 169 g/mol. The molecule has 64 valence electrons. The lowest BCUT2D eigenvalue weighted by molar-refractivity contribution is 0.101. The number of benzene rings is 1. The van der Waals surface area contributed by atoms with E-state index in [1.807, 2.05) is 0 Å². The highest BCUT2D eigenvalue weighted by Gasteiger charge is 1.98. The topological polar surface area (TPSA) is 20.3 Å². The summed E-state index contributed by atoms with van der Waals surface area (Å²) in [5.41, 5.74) is 0.426. The van der Waals surface area contributed by atoms with Gasteiger partial charge in [-0.3, -0.25) is 4.79 Å². The van der Waals surface area contributed by atoms with Gasteiger partial charge in [0, 0.05) is 33.4 Å². The van der Waals surface area contributed by atoms with Gasteiger partial charge in [0.05, 0.1) is 0 Å². The molecule has 1 aromatic carbocycles. The Labute approximate surface area is 81.2 Å². The van der Waals surface area contributed by atoms with Crippen LogP contribution in [0.1, 0.15) is 25.5 Å². The molecule has 0 atom stereocenters. The van der Waals surface area contributed by atoms with E-state index in [-0.39, 0.29) is 11.5 Å². The molecule has 0 unspecified atom stereocenters. The van der Waals surface area contributed by atoms with Crippen LogP contribution in [0.5, 0.6) is 0 Å². The van der Waals surface area contributed by atoms with Crippen molar-refractivity contribution in [1.29, 1.82) is 0 Å². The minimum atomic E-state index is -2.77. The minimum absolute atomic E-state index is 0.0278. The molecule has 1 aromatic rings. The number of carbonyl (C=O) groups excluding carboxylic acids is 1. The molecule has 0 saturated heterocycles. The van der Waals surface area contributed by atoms with E-state index in [0.717, 1.165) is 0 Å². The molecule has 0 bridgehead atoms. The van der Waals surface area contributed by atoms with Crippen molar-refractivity contribution in [1.82, 2.24) is 0 Å². The SMILES string of the molecule is [2H]C([2H])([2H])N(c1ccc(C(C)=O)cc1)C([2H])([2H])[2H]. The van der Waals surface area contributed by atoms with Crippen molar-refractivity contribution in [3.63, 3.8) is 0 Å². The predicted octanol–water partition coefficient (Wildman–Crippen LogP) is 1.96. The molecule has 2 nitrogen and oxygen atoms in total. The van der Waals surface area contributed by atoms with E-state index >= 15 is 0 Å². The molecule has 0 aromatic heterocycles. The van der Waals surface area contributed by atoms with Gasteiger partial charge in [0.15, 0.2) is 5.78 Å². The molecule has 0 amide bonds. The van der Waals surface area contributed by atoms with Crippen molar-refractivity contribution in [3.05, 3.63) is 29.8 Å². The Bertz CT molecular complexity index is 419. The molecular formula is C10H13NO. The monoisotopic (exact) mass is 169 g/mol. The Morgan fingerprint density at radius 1 is 1.33 bits per heavy atom. The van der Waals surface area contributed by atoms with Crippen LogP contribution >= 0.6 is 0 Å². The van der Waals surface area contributed by atoms with Gasteiger partial charge in [0.2, 0.25) is 0 Å². The Balaban J connectivity index is 3.20. The first-order valence-electron chi connectivity index (χ1n) is 6.45. The summed E-state index contributed by atoms with van der Waals surface area (Å²) >= 11 is 0. The van der Waals surface area contributed by atoms with Crippen molar-refractivity contribution in [2.45, 2.75) is 6.92 Å². The fraction of sp³-hybridized carbons (Fsp3) is 0.300. The van der Waals surface area contributed by atoms with E-state index in [2.05, 4.69) is 0 Å². The Morgan fingerprint density at radius 3 is 2.33 bits per heavy atom. The molecule has 0 saturated carbocycles. The van der Waals surface area contributed by atoms with Crippen LogP contribution in [0, 0.1) is 0 Å². The van der Waals surface area contributed by atoms with Crippen LogP contribution in [0.3, 0.4) is 0 Å². The summed E-state index contributed by atoms with van der Waals surface area (Å²) in [6.45, 7) is -4.17. The molecular weight excluding hydrogens is 150 g/mol. The van der Waals surface area contributed by atoms with Gasteiger partial charge in [0.1, 0.15) is 0 Å². The zero-order chi connectivity index (χ0) is 14.1. The summed E-state index contributed by atoms with van der Waals surface area (Å²) < 4.78 is 43.5. The highest BCUT2D eigenvalue weighted by molar-refractivity contribution is 5.94. The van der Waals surface area contributed by atoms with Crippen molar-refractivity contribution in [2.75, 3.05) is 18.9 Å². The van der Waals surface area contributed by atoms with Crippen LogP contribution in [-0.4, -0.2) is 19.7 Å². The van der Waals surface area contributed by atoms with E-state index in [4.69, 9.17) is 8.22 Å². The van der Waals surface area contributed by atoms with Crippen molar-refractivity contribution in [2.24, 2.45) is 0 Å². The van der Waals surface area contributed by atoms with Gasteiger partial charge in [0.25, 0.3) is 0 Å². The Kier molecular flexibility index (Phi) is 1.02. The first kappa shape index (κ1) is 3.60. The summed E-state index contributed by atoms with van der Waals surface area (Å²) in [6, 6.07) is 5.44. The second-order valence-electron chi connectivity index (χ2n) is 2.44. The van der Waals surface area contributed by atoms with Crippen LogP contribution in [0.15, 0.2) is 24.3 Å². The van der Waals surface area contributed by atoms with Crippen molar-refractivity contribution in [3.8, 4) is 0 Å². The maximum Gasteiger partial charge on any atom is 0.159 e. The van der Waals surface area contributed by atoms with Gasteiger partial charge in [-0.25, -0.2) is 0 Å². The van der Waals surface area contributed by atoms with Gasteiger partial charge >= 0.3 is 0 Å². The summed E-state index contributed by atoms with van der Waals surface area (Å²) in [4.78, 5) is 11.5. The van der Waals surface area contributed by atoms with E-state index < -0.39 is 14.0 Å². The van der Waals surface area contributed by atoms with Crippen LogP contribution < -0.4 is 4.90 Å². The third-order valence-electron chi connectivity index (χ3n) is 1.53. The summed E-state index contributed by atoms with van der Waals surface area (Å²) in [5, 5.41) is 0. The number of nitrogens with zero attached hydrogens (tertiary/aromatic N) is 1. The number of anilines is 1. The largest absolute Gasteiger partial charge is 0.378 e. The third kappa shape index (κ3) is 1.84. The molecule has 0 aliphatic rings. The smallest absolute Gasteiger partial charge is 0.159 e. The molecule has 1 rings (SSSR count). The molecule has 0 heterocycles. The van der Waals surface area contributed by atoms with Gasteiger partial charge in [-0.1, -0.05) is 0 Å². The number of hydrogen-bond donors (Lipinski definition) is 0. The lowest BCUT2D eigenvalue weighted by Crippen LogP contribution is -2.08. The number of rotatable bonds is 2. The lowest BCUT2D eigenvalue weighted by Gasteiger charge is -2.11. The van der Waals surface area contributed by atoms with Gasteiger partial charge in [-0.2, -0.15) is 0 Å². The molecule has 2 heteroatoms. The lowest BCUT2D eigenvalue weighted by atomic mass is 10.1. The number of ketones is 1. The number of carbonyl (C=O) groups is 1. The second-order valence-corrected chi connectivity index (χ2v) is 2.44.